The van der Waals surface area contributed by atoms with Crippen LogP contribution in [-0.2, 0) is 28.6 Å². The van der Waals surface area contributed by atoms with E-state index in [0.29, 0.717) is 19.3 Å². The van der Waals surface area contributed by atoms with Gasteiger partial charge in [0.15, 0.2) is 6.10 Å². The summed E-state index contributed by atoms with van der Waals surface area (Å²) < 4.78 is 16.6. The van der Waals surface area contributed by atoms with Crippen LogP contribution in [0.15, 0.2) is 109 Å². The van der Waals surface area contributed by atoms with Crippen LogP contribution in [0.25, 0.3) is 0 Å². The number of carbonyl (C=O) groups is 3. The molecule has 0 fully saturated rings. The number of hydrogen-bond donors (Lipinski definition) is 0. The van der Waals surface area contributed by atoms with Crippen molar-refractivity contribution in [2.75, 3.05) is 13.2 Å². The number of hydrogen-bond acceptors (Lipinski definition) is 6. The van der Waals surface area contributed by atoms with Crippen LogP contribution >= 0.6 is 0 Å². The summed E-state index contributed by atoms with van der Waals surface area (Å²) in [6, 6.07) is 0. The zero-order valence-corrected chi connectivity index (χ0v) is 37.0. The van der Waals surface area contributed by atoms with Gasteiger partial charge in [-0.1, -0.05) is 162 Å². The molecule has 0 spiro atoms. The Labute approximate surface area is 355 Å². The van der Waals surface area contributed by atoms with Gasteiger partial charge in [0.25, 0.3) is 0 Å². The summed E-state index contributed by atoms with van der Waals surface area (Å²) in [6.07, 6.45) is 60.8. The van der Waals surface area contributed by atoms with E-state index in [1.54, 1.807) is 0 Å². The second-order valence-corrected chi connectivity index (χ2v) is 14.6. The number of unbranched alkanes of at least 4 members (excludes halogenated alkanes) is 11. The number of allylic oxidation sites excluding steroid dienone is 18. The van der Waals surface area contributed by atoms with Crippen LogP contribution in [0.4, 0.5) is 0 Å². The maximum atomic E-state index is 12.7. The van der Waals surface area contributed by atoms with Crippen LogP contribution in [0.2, 0.25) is 0 Å². The Morgan fingerprint density at radius 3 is 1.28 bits per heavy atom. The van der Waals surface area contributed by atoms with E-state index in [0.717, 1.165) is 89.9 Å². The molecule has 0 N–H and O–H groups in total. The van der Waals surface area contributed by atoms with Crippen LogP contribution in [0.5, 0.6) is 0 Å². The number of rotatable bonds is 39. The quantitative estimate of drug-likeness (QED) is 0.0202. The molecular weight excluding hydrogens is 721 g/mol. The standard InChI is InChI=1S/C52H82O6/c1-4-7-10-13-16-19-22-24-25-26-27-28-31-33-36-39-42-45-51(54)57-48-49(47-56-50(53)44-41-38-35-32-29-21-18-15-12-9-6-3)58-52(55)46-43-40-37-34-30-23-20-17-14-11-8-5-2/h8,11,15-21,24-25,27-30,33-34,36,49H,4-7,9-10,12-14,22-23,26,31-32,35,37-48H2,1-3H3/b11-8-,18-15-,19-16-,20-17-,25-24-,28-27-,29-21-,34-30-,36-33-. The summed E-state index contributed by atoms with van der Waals surface area (Å²) in [4.78, 5) is 37.7. The molecule has 1 atom stereocenters. The molecule has 0 saturated heterocycles. The van der Waals surface area contributed by atoms with Gasteiger partial charge >= 0.3 is 17.9 Å². The summed E-state index contributed by atoms with van der Waals surface area (Å²) in [5, 5.41) is 0. The lowest BCUT2D eigenvalue weighted by atomic mass is 10.1. The van der Waals surface area contributed by atoms with Gasteiger partial charge < -0.3 is 14.2 Å². The molecule has 6 nitrogen and oxygen atoms in total. The first-order chi connectivity index (χ1) is 28.5. The van der Waals surface area contributed by atoms with Crippen LogP contribution in [0, 0.1) is 0 Å². The highest BCUT2D eigenvalue weighted by Gasteiger charge is 2.19. The van der Waals surface area contributed by atoms with Gasteiger partial charge in [0.05, 0.1) is 0 Å². The molecule has 1 unspecified atom stereocenters. The Balaban J connectivity index is 4.57. The molecule has 0 aromatic rings. The minimum atomic E-state index is -0.830. The van der Waals surface area contributed by atoms with Crippen LogP contribution in [0.3, 0.4) is 0 Å². The third-order valence-corrected chi connectivity index (χ3v) is 9.01. The predicted octanol–water partition coefficient (Wildman–Crippen LogP) is 14.8. The van der Waals surface area contributed by atoms with Gasteiger partial charge in [-0.2, -0.15) is 0 Å². The molecule has 6 heteroatoms. The zero-order valence-electron chi connectivity index (χ0n) is 37.0. The van der Waals surface area contributed by atoms with Crippen molar-refractivity contribution in [3.63, 3.8) is 0 Å². The summed E-state index contributed by atoms with van der Waals surface area (Å²) in [7, 11) is 0. The van der Waals surface area contributed by atoms with E-state index in [9.17, 15) is 14.4 Å². The molecule has 0 aromatic heterocycles. The molecule has 0 aliphatic carbocycles. The fraction of sp³-hybridized carbons (Fsp3) is 0.596. The minimum absolute atomic E-state index is 0.127. The van der Waals surface area contributed by atoms with Crippen molar-refractivity contribution in [2.45, 2.75) is 187 Å². The second kappa shape index (κ2) is 45.8. The smallest absolute Gasteiger partial charge is 0.306 e. The van der Waals surface area contributed by atoms with E-state index in [4.69, 9.17) is 14.2 Å². The Morgan fingerprint density at radius 2 is 0.759 bits per heavy atom. The van der Waals surface area contributed by atoms with Crippen molar-refractivity contribution in [3.05, 3.63) is 109 Å². The maximum absolute atomic E-state index is 12.7. The molecule has 0 aromatic carbocycles. The average molecular weight is 803 g/mol. The SMILES string of the molecule is CC/C=C\C/C=C\C/C=C\CCCCC(=O)OC(COC(=O)CCC/C=C\C/C=C\C/C=C\C/C=C\CCCCC)COC(=O)CCCCC/C=C\C=C/CCCC. The second-order valence-electron chi connectivity index (χ2n) is 14.6. The summed E-state index contributed by atoms with van der Waals surface area (Å²) >= 11 is 0. The molecule has 58 heavy (non-hydrogen) atoms. The Hall–Kier alpha value is -3.93. The van der Waals surface area contributed by atoms with E-state index in [1.165, 1.54) is 38.5 Å². The van der Waals surface area contributed by atoms with Crippen LogP contribution in [-0.4, -0.2) is 37.2 Å². The van der Waals surface area contributed by atoms with E-state index in [2.05, 4.69) is 130 Å². The minimum Gasteiger partial charge on any atom is -0.462 e. The van der Waals surface area contributed by atoms with Gasteiger partial charge in [0.2, 0.25) is 0 Å². The van der Waals surface area contributed by atoms with E-state index >= 15 is 0 Å². The van der Waals surface area contributed by atoms with Crippen molar-refractivity contribution >= 4 is 17.9 Å². The van der Waals surface area contributed by atoms with Crippen molar-refractivity contribution in [1.82, 2.24) is 0 Å². The van der Waals surface area contributed by atoms with Crippen molar-refractivity contribution in [2.24, 2.45) is 0 Å². The van der Waals surface area contributed by atoms with Gasteiger partial charge in [0.1, 0.15) is 13.2 Å². The predicted molar refractivity (Wildman–Crippen MR) is 247 cm³/mol. The lowest BCUT2D eigenvalue weighted by Gasteiger charge is -2.18. The monoisotopic (exact) mass is 803 g/mol. The lowest BCUT2D eigenvalue weighted by molar-refractivity contribution is -0.167. The van der Waals surface area contributed by atoms with Crippen molar-refractivity contribution in [3.8, 4) is 0 Å². The summed E-state index contributed by atoms with van der Waals surface area (Å²) in [6.45, 7) is 6.29. The summed E-state index contributed by atoms with van der Waals surface area (Å²) in [5.74, 6) is -1.06. The van der Waals surface area contributed by atoms with E-state index in [1.807, 2.05) is 0 Å². The fourth-order valence-corrected chi connectivity index (χ4v) is 5.54. The third-order valence-electron chi connectivity index (χ3n) is 9.01. The van der Waals surface area contributed by atoms with Gasteiger partial charge in [-0.25, -0.2) is 0 Å². The molecule has 0 rings (SSSR count). The van der Waals surface area contributed by atoms with Gasteiger partial charge in [-0.15, -0.1) is 0 Å². The molecule has 326 valence electrons. The Bertz CT molecular complexity index is 1240. The molecule has 0 heterocycles. The molecule has 0 amide bonds. The lowest BCUT2D eigenvalue weighted by Crippen LogP contribution is -2.30. The molecule has 0 bridgehead atoms. The normalized spacial score (nSPS) is 13.1. The first-order valence-corrected chi connectivity index (χ1v) is 22.9. The van der Waals surface area contributed by atoms with Gasteiger partial charge in [0, 0.05) is 19.3 Å². The van der Waals surface area contributed by atoms with E-state index in [-0.39, 0.29) is 44.0 Å². The number of esters is 3. The highest BCUT2D eigenvalue weighted by Crippen LogP contribution is 2.10. The van der Waals surface area contributed by atoms with Gasteiger partial charge in [-0.3, -0.25) is 14.4 Å². The average Bonchev–Trinajstić information content (AvgIpc) is 3.22. The first-order valence-electron chi connectivity index (χ1n) is 22.9. The molecule has 0 radical (unpaired) electrons. The molecule has 0 saturated carbocycles. The van der Waals surface area contributed by atoms with Crippen LogP contribution < -0.4 is 0 Å². The third kappa shape index (κ3) is 43.2. The number of carbonyl (C=O) groups excluding carboxylic acids is 3. The first kappa shape index (κ1) is 54.1. The highest BCUT2D eigenvalue weighted by atomic mass is 16.6. The van der Waals surface area contributed by atoms with Gasteiger partial charge in [-0.05, 0) is 109 Å². The molecule has 0 aliphatic rings. The van der Waals surface area contributed by atoms with E-state index < -0.39 is 6.10 Å². The van der Waals surface area contributed by atoms with Crippen molar-refractivity contribution in [1.29, 1.82) is 0 Å². The Kier molecular flexibility index (Phi) is 42.7. The Morgan fingerprint density at radius 1 is 0.379 bits per heavy atom. The zero-order chi connectivity index (χ0) is 42.3. The fourth-order valence-electron chi connectivity index (χ4n) is 5.54. The number of ether oxygens (including phenoxy) is 3. The van der Waals surface area contributed by atoms with Crippen molar-refractivity contribution < 1.29 is 28.6 Å². The largest absolute Gasteiger partial charge is 0.462 e. The maximum Gasteiger partial charge on any atom is 0.306 e. The van der Waals surface area contributed by atoms with Crippen LogP contribution in [0.1, 0.15) is 181 Å². The summed E-state index contributed by atoms with van der Waals surface area (Å²) in [5.41, 5.74) is 0. The topological polar surface area (TPSA) is 78.9 Å². The molecule has 0 aliphatic heterocycles. The highest BCUT2D eigenvalue weighted by molar-refractivity contribution is 5.71. The molecular formula is C52H82O6.